The summed E-state index contributed by atoms with van der Waals surface area (Å²) in [6, 6.07) is 6.25. The van der Waals surface area contributed by atoms with E-state index in [-0.39, 0.29) is 0 Å². The van der Waals surface area contributed by atoms with Crippen LogP contribution in [0.2, 0.25) is 5.02 Å². The molecule has 0 amide bonds. The van der Waals surface area contributed by atoms with Gasteiger partial charge in [-0.05, 0) is 31.0 Å². The fourth-order valence-corrected chi connectivity index (χ4v) is 2.42. The van der Waals surface area contributed by atoms with Gasteiger partial charge in [-0.15, -0.1) is 0 Å². The Labute approximate surface area is 95.8 Å². The van der Waals surface area contributed by atoms with Gasteiger partial charge in [-0.25, -0.2) is 0 Å². The number of anilines is 2. The van der Waals surface area contributed by atoms with Crippen LogP contribution in [0.15, 0.2) is 18.2 Å². The number of hydrogen-bond donors (Lipinski definition) is 2. The number of nitrogens with one attached hydrogen (secondary N) is 1. The first-order chi connectivity index (χ1) is 7.24. The Morgan fingerprint density at radius 3 is 2.53 bits per heavy atom. The van der Waals surface area contributed by atoms with Gasteiger partial charge >= 0.3 is 0 Å². The van der Waals surface area contributed by atoms with E-state index < -0.39 is 0 Å². The second-order valence-corrected chi connectivity index (χ2v) is 4.69. The van der Waals surface area contributed by atoms with Gasteiger partial charge in [0, 0.05) is 22.4 Å². The quantitative estimate of drug-likeness (QED) is 0.753. The van der Waals surface area contributed by atoms with Crippen molar-refractivity contribution in [3.8, 4) is 0 Å². The highest BCUT2D eigenvalue weighted by molar-refractivity contribution is 6.31. The number of hydrogen-bond acceptors (Lipinski definition) is 2. The average molecular weight is 225 g/mol. The molecule has 0 aromatic heterocycles. The lowest BCUT2D eigenvalue weighted by molar-refractivity contribution is 0.463. The average Bonchev–Trinajstić information content (AvgIpc) is 2.17. The topological polar surface area (TPSA) is 38.0 Å². The molecule has 15 heavy (non-hydrogen) atoms. The van der Waals surface area contributed by atoms with Crippen LogP contribution in [0.25, 0.3) is 0 Å². The third kappa shape index (κ3) is 3.03. The van der Waals surface area contributed by atoms with E-state index in [1.54, 1.807) is 6.07 Å². The maximum Gasteiger partial charge on any atom is 0.0446 e. The van der Waals surface area contributed by atoms with Crippen molar-refractivity contribution in [2.75, 3.05) is 11.1 Å². The minimum atomic E-state index is 0.594. The summed E-state index contributed by atoms with van der Waals surface area (Å²) in [6.07, 6.45) is 6.54. The van der Waals surface area contributed by atoms with Crippen LogP contribution in [0.5, 0.6) is 0 Å². The molecule has 1 aliphatic carbocycles. The van der Waals surface area contributed by atoms with Crippen LogP contribution in [-0.4, -0.2) is 6.04 Å². The van der Waals surface area contributed by atoms with Crippen LogP contribution in [0.3, 0.4) is 0 Å². The van der Waals surface area contributed by atoms with Gasteiger partial charge in [-0.2, -0.15) is 0 Å². The van der Waals surface area contributed by atoms with E-state index in [0.29, 0.717) is 11.1 Å². The predicted octanol–water partition coefficient (Wildman–Crippen LogP) is 3.67. The van der Waals surface area contributed by atoms with Gasteiger partial charge in [0.05, 0.1) is 0 Å². The highest BCUT2D eigenvalue weighted by Gasteiger charge is 2.12. The molecule has 0 aliphatic heterocycles. The molecule has 2 rings (SSSR count). The Kier molecular flexibility index (Phi) is 3.37. The largest absolute Gasteiger partial charge is 0.399 e. The highest BCUT2D eigenvalue weighted by Crippen LogP contribution is 2.25. The van der Waals surface area contributed by atoms with Crippen LogP contribution < -0.4 is 11.1 Å². The lowest BCUT2D eigenvalue weighted by atomic mass is 9.95. The van der Waals surface area contributed by atoms with Gasteiger partial charge in [-0.1, -0.05) is 30.9 Å². The Bertz CT molecular complexity index is 312. The number of nitrogens with two attached hydrogens (primary N) is 1. The van der Waals surface area contributed by atoms with Gasteiger partial charge in [0.1, 0.15) is 0 Å². The molecule has 0 saturated heterocycles. The molecule has 82 valence electrons. The van der Waals surface area contributed by atoms with Crippen LogP contribution in [0.4, 0.5) is 11.4 Å². The first-order valence-electron chi connectivity index (χ1n) is 5.56. The van der Waals surface area contributed by atoms with Gasteiger partial charge in [0.25, 0.3) is 0 Å². The molecule has 0 atom stereocenters. The van der Waals surface area contributed by atoms with E-state index in [1.807, 2.05) is 12.1 Å². The zero-order chi connectivity index (χ0) is 10.7. The fraction of sp³-hybridized carbons (Fsp3) is 0.500. The van der Waals surface area contributed by atoms with E-state index in [2.05, 4.69) is 5.32 Å². The summed E-state index contributed by atoms with van der Waals surface area (Å²) in [4.78, 5) is 0. The number of halogens is 1. The van der Waals surface area contributed by atoms with Crippen molar-refractivity contribution in [2.24, 2.45) is 0 Å². The Hall–Kier alpha value is -0.890. The van der Waals surface area contributed by atoms with Crippen molar-refractivity contribution in [1.82, 2.24) is 0 Å². The molecule has 1 fully saturated rings. The van der Waals surface area contributed by atoms with E-state index in [0.717, 1.165) is 11.4 Å². The molecular formula is C12H17ClN2. The normalized spacial score (nSPS) is 17.7. The highest BCUT2D eigenvalue weighted by atomic mass is 35.5. The molecule has 0 bridgehead atoms. The summed E-state index contributed by atoms with van der Waals surface area (Å²) in [7, 11) is 0. The molecule has 1 saturated carbocycles. The maximum absolute atomic E-state index is 5.95. The number of benzene rings is 1. The van der Waals surface area contributed by atoms with Gasteiger partial charge < -0.3 is 11.1 Å². The molecule has 0 radical (unpaired) electrons. The van der Waals surface area contributed by atoms with Crippen LogP contribution in [0, 0.1) is 0 Å². The van der Waals surface area contributed by atoms with Crippen LogP contribution in [0.1, 0.15) is 32.1 Å². The summed E-state index contributed by atoms with van der Waals surface area (Å²) in [5.41, 5.74) is 7.51. The molecule has 0 unspecified atom stereocenters. The molecule has 2 nitrogen and oxygen atoms in total. The molecule has 3 N–H and O–H groups in total. The molecule has 0 spiro atoms. The van der Waals surface area contributed by atoms with Gasteiger partial charge in [-0.3, -0.25) is 0 Å². The Morgan fingerprint density at radius 2 is 1.87 bits per heavy atom. The van der Waals surface area contributed by atoms with Crippen molar-refractivity contribution in [3.05, 3.63) is 23.2 Å². The van der Waals surface area contributed by atoms with E-state index in [4.69, 9.17) is 17.3 Å². The Balaban J connectivity index is 2.02. The summed E-state index contributed by atoms with van der Waals surface area (Å²) in [5.74, 6) is 0. The summed E-state index contributed by atoms with van der Waals surface area (Å²) in [6.45, 7) is 0. The van der Waals surface area contributed by atoms with E-state index in [1.165, 1.54) is 32.1 Å². The number of nitrogen functional groups attached to an aromatic ring is 1. The minimum Gasteiger partial charge on any atom is -0.399 e. The predicted molar refractivity (Wildman–Crippen MR) is 66.4 cm³/mol. The summed E-state index contributed by atoms with van der Waals surface area (Å²) in [5, 5.41) is 4.20. The molecule has 1 aromatic carbocycles. The SMILES string of the molecule is Nc1cc(Cl)cc(NC2CCCCC2)c1. The fourth-order valence-electron chi connectivity index (χ4n) is 2.18. The van der Waals surface area contributed by atoms with Gasteiger partial charge in [0.2, 0.25) is 0 Å². The second kappa shape index (κ2) is 4.75. The third-order valence-electron chi connectivity index (χ3n) is 2.90. The Morgan fingerprint density at radius 1 is 1.13 bits per heavy atom. The van der Waals surface area contributed by atoms with Crippen molar-refractivity contribution in [2.45, 2.75) is 38.1 Å². The standard InChI is InChI=1S/C12H17ClN2/c13-9-6-10(14)8-12(7-9)15-11-4-2-1-3-5-11/h6-8,11,15H,1-5,14H2. The van der Waals surface area contributed by atoms with Crippen molar-refractivity contribution >= 4 is 23.0 Å². The maximum atomic E-state index is 5.95. The summed E-state index contributed by atoms with van der Waals surface area (Å²) < 4.78 is 0. The molecule has 1 aromatic rings. The number of rotatable bonds is 2. The second-order valence-electron chi connectivity index (χ2n) is 4.25. The molecule has 1 aliphatic rings. The lowest BCUT2D eigenvalue weighted by Gasteiger charge is -2.24. The van der Waals surface area contributed by atoms with Crippen molar-refractivity contribution < 1.29 is 0 Å². The summed E-state index contributed by atoms with van der Waals surface area (Å²) >= 11 is 5.95. The minimum absolute atomic E-state index is 0.594. The monoisotopic (exact) mass is 224 g/mol. The van der Waals surface area contributed by atoms with E-state index >= 15 is 0 Å². The third-order valence-corrected chi connectivity index (χ3v) is 3.11. The lowest BCUT2D eigenvalue weighted by Crippen LogP contribution is -2.22. The van der Waals surface area contributed by atoms with Crippen molar-refractivity contribution in [3.63, 3.8) is 0 Å². The van der Waals surface area contributed by atoms with Crippen molar-refractivity contribution in [1.29, 1.82) is 0 Å². The zero-order valence-electron chi connectivity index (χ0n) is 8.80. The van der Waals surface area contributed by atoms with E-state index in [9.17, 15) is 0 Å². The first-order valence-corrected chi connectivity index (χ1v) is 5.94. The zero-order valence-corrected chi connectivity index (χ0v) is 9.56. The molecule has 0 heterocycles. The first kappa shape index (κ1) is 10.6. The van der Waals surface area contributed by atoms with Gasteiger partial charge in [0.15, 0.2) is 0 Å². The van der Waals surface area contributed by atoms with Crippen LogP contribution >= 0.6 is 11.6 Å². The molecular weight excluding hydrogens is 208 g/mol. The van der Waals surface area contributed by atoms with Crippen LogP contribution in [-0.2, 0) is 0 Å². The molecule has 3 heteroatoms. The smallest absolute Gasteiger partial charge is 0.0446 e.